The first-order chi connectivity index (χ1) is 6.24. The van der Waals surface area contributed by atoms with Crippen LogP contribution in [0.25, 0.3) is 6.08 Å². The topological polar surface area (TPSA) is 32.9 Å². The average molecular weight is 196 g/mol. The molecule has 0 radical (unpaired) electrons. The van der Waals surface area contributed by atoms with Gasteiger partial charge in [-0.2, -0.15) is 0 Å². The van der Waals surface area contributed by atoms with E-state index in [-0.39, 0.29) is 0 Å². The molecule has 2 nitrogen and oxygen atoms in total. The Hall–Kier alpha value is -1.02. The summed E-state index contributed by atoms with van der Waals surface area (Å²) in [6.07, 6.45) is 5.87. The second kappa shape index (κ2) is 3.04. The Kier molecular flexibility index (Phi) is 2.00. The van der Waals surface area contributed by atoms with Crippen molar-refractivity contribution in [1.29, 1.82) is 0 Å². The first-order valence-electron chi connectivity index (χ1n) is 4.27. The molecule has 1 aliphatic carbocycles. The van der Waals surface area contributed by atoms with E-state index in [1.54, 1.807) is 0 Å². The van der Waals surface area contributed by atoms with Crippen LogP contribution in [0.15, 0.2) is 6.08 Å². The Balaban J connectivity index is 2.66. The molecule has 3 heteroatoms. The zero-order valence-corrected chi connectivity index (χ0v) is 8.06. The van der Waals surface area contributed by atoms with Crippen molar-refractivity contribution in [1.82, 2.24) is 4.98 Å². The molecule has 13 heavy (non-hydrogen) atoms. The molecule has 0 amide bonds. The highest BCUT2D eigenvalue weighted by Crippen LogP contribution is 2.35. The van der Waals surface area contributed by atoms with Gasteiger partial charge in [0.05, 0.1) is 5.69 Å². The molecule has 1 unspecified atom stereocenters. The number of hydrogen-bond acceptors (Lipinski definition) is 1. The Morgan fingerprint density at radius 1 is 1.69 bits per heavy atom. The van der Waals surface area contributed by atoms with E-state index in [1.807, 2.05) is 6.08 Å². The third-order valence-corrected chi connectivity index (χ3v) is 2.74. The van der Waals surface area contributed by atoms with Crippen LogP contribution in [-0.2, 0) is 0 Å². The van der Waals surface area contributed by atoms with Gasteiger partial charge in [0, 0.05) is 5.56 Å². The Labute approximate surface area is 81.6 Å². The van der Waals surface area contributed by atoms with Crippen LogP contribution in [0.2, 0.25) is 5.15 Å². The summed E-state index contributed by atoms with van der Waals surface area (Å²) in [5.41, 5.74) is 2.65. The number of fused-ring (bicyclic) bond motifs is 1. The second-order valence-electron chi connectivity index (χ2n) is 3.34. The number of aldehydes is 1. The fourth-order valence-corrected chi connectivity index (χ4v) is 2.08. The van der Waals surface area contributed by atoms with E-state index in [2.05, 4.69) is 18.0 Å². The van der Waals surface area contributed by atoms with Gasteiger partial charge in [-0.15, -0.1) is 0 Å². The number of nitrogens with one attached hydrogen (secondary N) is 1. The lowest BCUT2D eigenvalue weighted by atomic mass is 9.90. The molecule has 1 aromatic heterocycles. The molecule has 0 bridgehead atoms. The van der Waals surface area contributed by atoms with E-state index >= 15 is 0 Å². The fraction of sp³-hybridized carbons (Fsp3) is 0.300. The van der Waals surface area contributed by atoms with Gasteiger partial charge in [0.2, 0.25) is 0 Å². The van der Waals surface area contributed by atoms with Crippen molar-refractivity contribution in [2.75, 3.05) is 0 Å². The van der Waals surface area contributed by atoms with Crippen molar-refractivity contribution in [3.8, 4) is 0 Å². The lowest BCUT2D eigenvalue weighted by molar-refractivity contribution is 0.111. The van der Waals surface area contributed by atoms with Gasteiger partial charge in [0.1, 0.15) is 5.15 Å². The molecule has 0 saturated carbocycles. The summed E-state index contributed by atoms with van der Waals surface area (Å²) in [7, 11) is 0. The van der Waals surface area contributed by atoms with Crippen molar-refractivity contribution in [2.45, 2.75) is 19.3 Å². The Morgan fingerprint density at radius 3 is 3.15 bits per heavy atom. The molecule has 1 heterocycles. The van der Waals surface area contributed by atoms with Gasteiger partial charge in [-0.3, -0.25) is 4.79 Å². The fourth-order valence-electron chi connectivity index (χ4n) is 1.81. The molecule has 0 aliphatic heterocycles. The van der Waals surface area contributed by atoms with Gasteiger partial charge in [-0.05, 0) is 17.9 Å². The van der Waals surface area contributed by atoms with Crippen molar-refractivity contribution >= 4 is 24.0 Å². The predicted octanol–water partition coefficient (Wildman–Crippen LogP) is 3.00. The predicted molar refractivity (Wildman–Crippen MR) is 53.3 cm³/mol. The van der Waals surface area contributed by atoms with Crippen molar-refractivity contribution in [3.05, 3.63) is 28.0 Å². The maximum absolute atomic E-state index is 10.7. The molecule has 0 spiro atoms. The number of carbonyl (C=O) groups is 1. The number of aromatic amines is 1. The smallest absolute Gasteiger partial charge is 0.166 e. The van der Waals surface area contributed by atoms with Crippen LogP contribution in [0.5, 0.6) is 0 Å². The highest BCUT2D eigenvalue weighted by molar-refractivity contribution is 6.31. The number of halogens is 1. The van der Waals surface area contributed by atoms with Crippen LogP contribution in [0.1, 0.15) is 40.9 Å². The Bertz CT molecular complexity index is 379. The number of allylic oxidation sites excluding steroid dienone is 1. The lowest BCUT2D eigenvalue weighted by Crippen LogP contribution is -2.00. The van der Waals surface area contributed by atoms with Gasteiger partial charge >= 0.3 is 0 Å². The van der Waals surface area contributed by atoms with Gasteiger partial charge in [0.15, 0.2) is 6.29 Å². The normalized spacial score (nSPS) is 20.0. The minimum atomic E-state index is 0.379. The highest BCUT2D eigenvalue weighted by atomic mass is 35.5. The largest absolute Gasteiger partial charge is 0.343 e. The Morgan fingerprint density at radius 2 is 2.46 bits per heavy atom. The summed E-state index contributed by atoms with van der Waals surface area (Å²) in [5, 5.41) is 0.569. The summed E-state index contributed by atoms with van der Waals surface area (Å²) in [5.74, 6) is 0.379. The minimum Gasteiger partial charge on any atom is -0.343 e. The molecule has 68 valence electrons. The van der Waals surface area contributed by atoms with E-state index in [1.165, 1.54) is 0 Å². The first-order valence-corrected chi connectivity index (χ1v) is 4.65. The molecule has 1 N–H and O–H groups in total. The summed E-state index contributed by atoms with van der Waals surface area (Å²) in [6.45, 7) is 2.10. The monoisotopic (exact) mass is 195 g/mol. The second-order valence-corrected chi connectivity index (χ2v) is 3.71. The number of H-pyrrole nitrogens is 1. The molecule has 0 fully saturated rings. The molecule has 2 rings (SSSR count). The number of carbonyl (C=O) groups excluding carboxylic acids is 1. The summed E-state index contributed by atoms with van der Waals surface area (Å²) in [4.78, 5) is 13.6. The van der Waals surface area contributed by atoms with Crippen LogP contribution in [0.3, 0.4) is 0 Å². The van der Waals surface area contributed by atoms with E-state index in [0.717, 1.165) is 23.8 Å². The molecule has 0 aromatic carbocycles. The molecule has 1 atom stereocenters. The van der Waals surface area contributed by atoms with Crippen LogP contribution in [-0.4, -0.2) is 11.3 Å². The van der Waals surface area contributed by atoms with Crippen molar-refractivity contribution in [2.24, 2.45) is 0 Å². The van der Waals surface area contributed by atoms with Gasteiger partial charge in [-0.25, -0.2) is 0 Å². The van der Waals surface area contributed by atoms with Gasteiger partial charge in [0.25, 0.3) is 0 Å². The zero-order chi connectivity index (χ0) is 9.42. The molecule has 0 saturated heterocycles. The minimum absolute atomic E-state index is 0.379. The summed E-state index contributed by atoms with van der Waals surface area (Å²) in [6, 6.07) is 0. The van der Waals surface area contributed by atoms with Crippen LogP contribution in [0.4, 0.5) is 0 Å². The lowest BCUT2D eigenvalue weighted by Gasteiger charge is -2.14. The van der Waals surface area contributed by atoms with Crippen LogP contribution in [0, 0.1) is 0 Å². The molecule has 1 aliphatic rings. The highest BCUT2D eigenvalue weighted by Gasteiger charge is 2.21. The summed E-state index contributed by atoms with van der Waals surface area (Å²) >= 11 is 5.94. The van der Waals surface area contributed by atoms with E-state index in [4.69, 9.17) is 11.6 Å². The molecular formula is C10H10ClNO. The van der Waals surface area contributed by atoms with Crippen molar-refractivity contribution in [3.63, 3.8) is 0 Å². The number of rotatable bonds is 1. The molecule has 1 aromatic rings. The van der Waals surface area contributed by atoms with Crippen LogP contribution >= 0.6 is 11.6 Å². The van der Waals surface area contributed by atoms with E-state index in [9.17, 15) is 4.79 Å². The maximum atomic E-state index is 10.7. The quantitative estimate of drug-likeness (QED) is 0.687. The standard InChI is InChI=1S/C10H10ClNO/c1-6-3-2-4-7-9(6)8(5-13)12-10(7)11/h2,4-6,12H,3H2,1H3. The van der Waals surface area contributed by atoms with Gasteiger partial charge in [-0.1, -0.05) is 30.7 Å². The third-order valence-electron chi connectivity index (χ3n) is 2.45. The van der Waals surface area contributed by atoms with Gasteiger partial charge < -0.3 is 4.98 Å². The SMILES string of the molecule is CC1CC=Cc2c(Cl)[nH]c(C=O)c21. The number of hydrogen-bond donors (Lipinski definition) is 1. The third kappa shape index (κ3) is 1.22. The van der Waals surface area contributed by atoms with E-state index in [0.29, 0.717) is 16.8 Å². The van der Waals surface area contributed by atoms with Crippen molar-refractivity contribution < 1.29 is 4.79 Å². The first kappa shape index (κ1) is 8.57. The maximum Gasteiger partial charge on any atom is 0.166 e. The zero-order valence-electron chi connectivity index (χ0n) is 7.30. The summed E-state index contributed by atoms with van der Waals surface area (Å²) < 4.78 is 0. The molecular weight excluding hydrogens is 186 g/mol. The number of aromatic nitrogens is 1. The van der Waals surface area contributed by atoms with E-state index < -0.39 is 0 Å². The average Bonchev–Trinajstić information content (AvgIpc) is 2.45. The van der Waals surface area contributed by atoms with Crippen LogP contribution < -0.4 is 0 Å².